The lowest BCUT2D eigenvalue weighted by atomic mass is 10.0. The van der Waals surface area contributed by atoms with E-state index in [1.54, 1.807) is 19.1 Å². The third-order valence-electron chi connectivity index (χ3n) is 3.26. The molecule has 0 atom stereocenters. The van der Waals surface area contributed by atoms with E-state index in [9.17, 15) is 9.59 Å². The van der Waals surface area contributed by atoms with Crippen LogP contribution in [0.1, 0.15) is 32.3 Å². The number of benzene rings is 1. The van der Waals surface area contributed by atoms with Crippen molar-refractivity contribution < 1.29 is 14.3 Å². The molecule has 0 aliphatic heterocycles. The van der Waals surface area contributed by atoms with Gasteiger partial charge in [-0.15, -0.1) is 0 Å². The third-order valence-corrected chi connectivity index (χ3v) is 3.26. The Kier molecular flexibility index (Phi) is 8.58. The van der Waals surface area contributed by atoms with E-state index in [-0.39, 0.29) is 5.57 Å². The van der Waals surface area contributed by atoms with Crippen LogP contribution in [0.2, 0.25) is 0 Å². The maximum absolute atomic E-state index is 12.1. The first-order chi connectivity index (χ1) is 12.0. The van der Waals surface area contributed by atoms with Crippen LogP contribution in [0.15, 0.2) is 36.0 Å². The van der Waals surface area contributed by atoms with Gasteiger partial charge in [0, 0.05) is 25.0 Å². The Morgan fingerprint density at radius 2 is 1.92 bits per heavy atom. The molecule has 25 heavy (non-hydrogen) atoms. The third kappa shape index (κ3) is 7.40. The van der Waals surface area contributed by atoms with Gasteiger partial charge < -0.3 is 20.7 Å². The van der Waals surface area contributed by atoms with E-state index in [1.807, 2.05) is 18.2 Å². The molecule has 0 spiro atoms. The van der Waals surface area contributed by atoms with Gasteiger partial charge in [0.2, 0.25) is 0 Å². The first kappa shape index (κ1) is 20.0. The van der Waals surface area contributed by atoms with Crippen LogP contribution in [0, 0.1) is 11.3 Å². The number of alkyl carbamates (subject to hydrolysis) is 1. The van der Waals surface area contributed by atoms with Gasteiger partial charge in [-0.25, -0.2) is 4.79 Å². The molecule has 1 rings (SSSR count). The van der Waals surface area contributed by atoms with Gasteiger partial charge in [-0.1, -0.05) is 26.0 Å². The van der Waals surface area contributed by atoms with E-state index in [1.165, 1.54) is 11.8 Å². The fourth-order valence-corrected chi connectivity index (χ4v) is 1.89. The molecule has 0 saturated heterocycles. The summed E-state index contributed by atoms with van der Waals surface area (Å²) in [6.07, 6.45) is 0.821. The van der Waals surface area contributed by atoms with Gasteiger partial charge >= 0.3 is 6.09 Å². The zero-order valence-corrected chi connectivity index (χ0v) is 14.8. The van der Waals surface area contributed by atoms with Crippen LogP contribution in [-0.4, -0.2) is 31.7 Å². The first-order valence-electron chi connectivity index (χ1n) is 8.13. The lowest BCUT2D eigenvalue weighted by Crippen LogP contribution is -2.31. The number of ether oxygens (including phenoxy) is 1. The van der Waals surface area contributed by atoms with Crippen LogP contribution in [0.3, 0.4) is 0 Å². The smallest absolute Gasteiger partial charge is 0.407 e. The highest BCUT2D eigenvalue weighted by Gasteiger charge is 2.09. The zero-order valence-electron chi connectivity index (χ0n) is 14.8. The average Bonchev–Trinajstić information content (AvgIpc) is 2.58. The van der Waals surface area contributed by atoms with Crippen LogP contribution in [0.4, 0.5) is 10.5 Å². The van der Waals surface area contributed by atoms with Gasteiger partial charge in [-0.05, 0) is 30.5 Å². The van der Waals surface area contributed by atoms with Crippen molar-refractivity contribution in [2.45, 2.75) is 26.7 Å². The highest BCUT2D eigenvalue weighted by atomic mass is 16.5. The highest BCUT2D eigenvalue weighted by molar-refractivity contribution is 6.06. The molecular weight excluding hydrogens is 320 g/mol. The number of hydrogen-bond donors (Lipinski definition) is 3. The van der Waals surface area contributed by atoms with E-state index in [4.69, 9.17) is 10.00 Å². The maximum Gasteiger partial charge on any atom is 0.407 e. The van der Waals surface area contributed by atoms with E-state index in [0.29, 0.717) is 31.3 Å². The summed E-state index contributed by atoms with van der Waals surface area (Å²) >= 11 is 0. The van der Waals surface area contributed by atoms with Gasteiger partial charge in [-0.3, -0.25) is 4.79 Å². The molecule has 7 heteroatoms. The van der Waals surface area contributed by atoms with Crippen LogP contribution < -0.4 is 16.0 Å². The first-order valence-corrected chi connectivity index (χ1v) is 8.13. The number of rotatable bonds is 8. The van der Waals surface area contributed by atoms with Crippen molar-refractivity contribution in [2.75, 3.05) is 25.0 Å². The number of nitrogens with one attached hydrogen (secondary N) is 3. The number of nitrogens with zero attached hydrogens (tertiary/aromatic N) is 1. The molecule has 0 aromatic heterocycles. The lowest BCUT2D eigenvalue weighted by molar-refractivity contribution is -0.112. The van der Waals surface area contributed by atoms with Crippen LogP contribution in [-0.2, 0) is 9.53 Å². The molecule has 7 nitrogen and oxygen atoms in total. The molecule has 0 saturated carbocycles. The van der Waals surface area contributed by atoms with Gasteiger partial charge in [-0.2, -0.15) is 5.26 Å². The lowest BCUT2D eigenvalue weighted by Gasteiger charge is -2.08. The van der Waals surface area contributed by atoms with E-state index in [0.717, 1.165) is 0 Å². The molecule has 0 bridgehead atoms. The molecule has 0 fully saturated rings. The predicted octanol–water partition coefficient (Wildman–Crippen LogP) is 2.49. The van der Waals surface area contributed by atoms with Crippen molar-refractivity contribution in [1.82, 2.24) is 10.6 Å². The van der Waals surface area contributed by atoms with Crippen molar-refractivity contribution in [3.8, 4) is 6.07 Å². The van der Waals surface area contributed by atoms with E-state index in [2.05, 4.69) is 29.8 Å². The Morgan fingerprint density at radius 1 is 1.24 bits per heavy atom. The summed E-state index contributed by atoms with van der Waals surface area (Å²) in [5, 5.41) is 17.1. The van der Waals surface area contributed by atoms with Gasteiger partial charge in [0.25, 0.3) is 5.91 Å². The molecule has 0 aliphatic rings. The largest absolute Gasteiger partial charge is 0.450 e. The summed E-state index contributed by atoms with van der Waals surface area (Å²) in [5.41, 5.74) is 1.74. The topological polar surface area (TPSA) is 103 Å². The summed E-state index contributed by atoms with van der Waals surface area (Å²) in [5.74, 6) is -0.0858. The van der Waals surface area contributed by atoms with Crippen LogP contribution in [0.25, 0.3) is 0 Å². The van der Waals surface area contributed by atoms with Crippen molar-refractivity contribution >= 4 is 17.7 Å². The number of carbonyl (C=O) groups excluding carboxylic acids is 2. The number of carbonyl (C=O) groups is 2. The normalized spacial score (nSPS) is 10.8. The SMILES string of the molecule is CCOC(=O)NCCN/C=C(/C#N)C(=O)Nc1ccc(C(C)C)cc1. The Morgan fingerprint density at radius 3 is 2.48 bits per heavy atom. The highest BCUT2D eigenvalue weighted by Crippen LogP contribution is 2.17. The Hall–Kier alpha value is -3.01. The Labute approximate surface area is 148 Å². The van der Waals surface area contributed by atoms with Crippen LogP contribution >= 0.6 is 0 Å². The standard InChI is InChI=1S/C18H24N4O3/c1-4-25-18(24)21-10-9-20-12-15(11-19)17(23)22-16-7-5-14(6-8-16)13(2)3/h5-8,12-13,20H,4,9-10H2,1-3H3,(H,21,24)(H,22,23)/b15-12-. The number of anilines is 1. The van der Waals surface area contributed by atoms with Crippen LogP contribution in [0.5, 0.6) is 0 Å². The Bertz CT molecular complexity index is 645. The van der Waals surface area contributed by atoms with Gasteiger partial charge in [0.15, 0.2) is 0 Å². The van der Waals surface area contributed by atoms with Crippen molar-refractivity contribution in [1.29, 1.82) is 5.26 Å². The minimum atomic E-state index is -0.503. The molecule has 0 heterocycles. The monoisotopic (exact) mass is 344 g/mol. The summed E-state index contributed by atoms with van der Waals surface area (Å²) in [6.45, 7) is 6.87. The van der Waals surface area contributed by atoms with Crippen molar-refractivity contribution in [3.63, 3.8) is 0 Å². The molecule has 0 unspecified atom stereocenters. The van der Waals surface area contributed by atoms with Gasteiger partial charge in [0.05, 0.1) is 6.61 Å². The summed E-state index contributed by atoms with van der Waals surface area (Å²) in [4.78, 5) is 23.2. The molecule has 3 N–H and O–H groups in total. The van der Waals surface area contributed by atoms with Crippen molar-refractivity contribution in [2.24, 2.45) is 0 Å². The molecule has 0 radical (unpaired) electrons. The maximum atomic E-state index is 12.1. The zero-order chi connectivity index (χ0) is 18.7. The summed E-state index contributed by atoms with van der Waals surface area (Å²) in [7, 11) is 0. The Balaban J connectivity index is 2.48. The fraction of sp³-hybridized carbons (Fsp3) is 0.389. The second kappa shape index (κ2) is 10.7. The quantitative estimate of drug-likeness (QED) is 0.382. The van der Waals surface area contributed by atoms with Gasteiger partial charge in [0.1, 0.15) is 11.6 Å². The average molecular weight is 344 g/mol. The second-order valence-electron chi connectivity index (χ2n) is 5.50. The van der Waals surface area contributed by atoms with Crippen molar-refractivity contribution in [3.05, 3.63) is 41.6 Å². The number of amides is 2. The predicted molar refractivity (Wildman–Crippen MR) is 95.9 cm³/mol. The minimum Gasteiger partial charge on any atom is -0.450 e. The molecule has 0 aliphatic carbocycles. The molecule has 1 aromatic carbocycles. The molecule has 1 aromatic rings. The van der Waals surface area contributed by atoms with E-state index >= 15 is 0 Å². The summed E-state index contributed by atoms with van der Waals surface area (Å²) in [6, 6.07) is 9.33. The molecular formula is C18H24N4O3. The molecule has 2 amide bonds. The fourth-order valence-electron chi connectivity index (χ4n) is 1.89. The minimum absolute atomic E-state index is 0.0518. The number of hydrogen-bond acceptors (Lipinski definition) is 5. The molecule has 134 valence electrons. The second-order valence-corrected chi connectivity index (χ2v) is 5.50. The summed E-state index contributed by atoms with van der Waals surface area (Å²) < 4.78 is 4.71. The van der Waals surface area contributed by atoms with E-state index < -0.39 is 12.0 Å². The number of nitriles is 1.